The van der Waals surface area contributed by atoms with Crippen molar-refractivity contribution in [2.45, 2.75) is 32.2 Å². The molecule has 1 fully saturated rings. The number of nitro benzene ring substituents is 1. The zero-order valence-corrected chi connectivity index (χ0v) is 10.8. The molecule has 1 heterocycles. The van der Waals surface area contributed by atoms with Crippen molar-refractivity contribution in [1.82, 2.24) is 4.90 Å². The van der Waals surface area contributed by atoms with E-state index in [0.29, 0.717) is 12.1 Å². The molecule has 1 atom stereocenters. The Kier molecular flexibility index (Phi) is 3.69. The number of nitro groups is 1. The van der Waals surface area contributed by atoms with Gasteiger partial charge in [0, 0.05) is 24.2 Å². The third-order valence-corrected chi connectivity index (χ3v) is 3.54. The molecule has 1 saturated heterocycles. The largest absolute Gasteiger partial charge is 0.393 e. The number of benzene rings is 1. The average molecular weight is 263 g/mol. The Morgan fingerprint density at radius 1 is 1.47 bits per heavy atom. The second-order valence-electron chi connectivity index (χ2n) is 4.87. The number of carbonyl (C=O) groups is 1. The van der Waals surface area contributed by atoms with Crippen molar-refractivity contribution in [2.24, 2.45) is 0 Å². The number of rotatable bonds is 2. The number of carbonyl (C=O) groups excluding carboxylic acids is 1. The molecule has 19 heavy (non-hydrogen) atoms. The number of nitrogens with two attached hydrogens (primary N) is 1. The van der Waals surface area contributed by atoms with Crippen molar-refractivity contribution in [3.05, 3.63) is 33.9 Å². The summed E-state index contributed by atoms with van der Waals surface area (Å²) in [5, 5.41) is 10.8. The van der Waals surface area contributed by atoms with E-state index < -0.39 is 4.92 Å². The van der Waals surface area contributed by atoms with E-state index >= 15 is 0 Å². The van der Waals surface area contributed by atoms with Gasteiger partial charge in [0.1, 0.15) is 5.69 Å². The Balaban J connectivity index is 2.28. The van der Waals surface area contributed by atoms with Crippen LogP contribution in [0.3, 0.4) is 0 Å². The van der Waals surface area contributed by atoms with Crippen molar-refractivity contribution in [3.8, 4) is 0 Å². The molecule has 6 heteroatoms. The number of nitrogen functional groups attached to an aromatic ring is 1. The first kappa shape index (κ1) is 13.3. The number of anilines is 1. The van der Waals surface area contributed by atoms with E-state index in [1.165, 1.54) is 12.1 Å². The quantitative estimate of drug-likeness (QED) is 0.503. The Hall–Kier alpha value is -2.11. The Morgan fingerprint density at radius 2 is 2.21 bits per heavy atom. The fourth-order valence-corrected chi connectivity index (χ4v) is 2.40. The van der Waals surface area contributed by atoms with Crippen LogP contribution < -0.4 is 5.73 Å². The van der Waals surface area contributed by atoms with Crippen LogP contribution in [0.1, 0.15) is 36.5 Å². The van der Waals surface area contributed by atoms with E-state index in [9.17, 15) is 14.9 Å². The Bertz CT molecular complexity index is 516. The molecule has 1 aromatic rings. The highest BCUT2D eigenvalue weighted by atomic mass is 16.6. The molecule has 102 valence electrons. The maximum Gasteiger partial charge on any atom is 0.292 e. The molecule has 1 amide bonds. The Morgan fingerprint density at radius 3 is 2.84 bits per heavy atom. The summed E-state index contributed by atoms with van der Waals surface area (Å²) in [5.74, 6) is -0.157. The van der Waals surface area contributed by atoms with Crippen LogP contribution in [0.15, 0.2) is 18.2 Å². The highest BCUT2D eigenvalue weighted by Crippen LogP contribution is 2.25. The normalized spacial score (nSPS) is 19.2. The van der Waals surface area contributed by atoms with Crippen LogP contribution in [-0.2, 0) is 0 Å². The number of piperidine rings is 1. The third-order valence-electron chi connectivity index (χ3n) is 3.54. The summed E-state index contributed by atoms with van der Waals surface area (Å²) in [6, 6.07) is 4.41. The van der Waals surface area contributed by atoms with Crippen LogP contribution in [0, 0.1) is 10.1 Å². The standard InChI is InChI=1S/C13H17N3O3/c1-9-4-2-3-7-15(9)13(17)10-5-6-11(14)12(8-10)16(18)19/h5-6,8-9H,2-4,7,14H2,1H3. The summed E-state index contributed by atoms with van der Waals surface area (Å²) < 4.78 is 0. The molecule has 1 unspecified atom stereocenters. The number of amides is 1. The summed E-state index contributed by atoms with van der Waals surface area (Å²) in [7, 11) is 0. The summed E-state index contributed by atoms with van der Waals surface area (Å²) in [6.45, 7) is 2.71. The van der Waals surface area contributed by atoms with Crippen molar-refractivity contribution in [2.75, 3.05) is 12.3 Å². The minimum absolute atomic E-state index is 0.0771. The topological polar surface area (TPSA) is 89.5 Å². The average Bonchev–Trinajstić information content (AvgIpc) is 2.38. The lowest BCUT2D eigenvalue weighted by atomic mass is 10.0. The highest BCUT2D eigenvalue weighted by molar-refractivity contribution is 5.95. The minimum Gasteiger partial charge on any atom is -0.393 e. The van der Waals surface area contributed by atoms with Crippen LogP contribution in [0.2, 0.25) is 0 Å². The predicted octanol–water partition coefficient (Wildman–Crippen LogP) is 2.19. The first-order chi connectivity index (χ1) is 9.00. The Labute approximate surface area is 111 Å². The van der Waals surface area contributed by atoms with Crippen LogP contribution in [0.25, 0.3) is 0 Å². The SMILES string of the molecule is CC1CCCCN1C(=O)c1ccc(N)c([N+](=O)[O-])c1. The molecular formula is C13H17N3O3. The van der Waals surface area contributed by atoms with Gasteiger partial charge in [-0.05, 0) is 38.3 Å². The van der Waals surface area contributed by atoms with Crippen molar-refractivity contribution in [1.29, 1.82) is 0 Å². The molecule has 0 spiro atoms. The van der Waals surface area contributed by atoms with Crippen LogP contribution in [0.4, 0.5) is 11.4 Å². The number of hydrogen-bond acceptors (Lipinski definition) is 4. The van der Waals surface area contributed by atoms with E-state index in [1.807, 2.05) is 6.92 Å². The van der Waals surface area contributed by atoms with Gasteiger partial charge in [0.15, 0.2) is 0 Å². The van der Waals surface area contributed by atoms with E-state index in [1.54, 1.807) is 11.0 Å². The second-order valence-corrected chi connectivity index (χ2v) is 4.87. The van der Waals surface area contributed by atoms with E-state index in [2.05, 4.69) is 0 Å². The van der Waals surface area contributed by atoms with Gasteiger partial charge >= 0.3 is 0 Å². The fourth-order valence-electron chi connectivity index (χ4n) is 2.40. The molecular weight excluding hydrogens is 246 g/mol. The number of likely N-dealkylation sites (tertiary alicyclic amines) is 1. The first-order valence-electron chi connectivity index (χ1n) is 6.35. The van der Waals surface area contributed by atoms with Crippen molar-refractivity contribution < 1.29 is 9.72 Å². The van der Waals surface area contributed by atoms with Crippen LogP contribution >= 0.6 is 0 Å². The van der Waals surface area contributed by atoms with E-state index in [-0.39, 0.29) is 23.3 Å². The molecule has 0 saturated carbocycles. The maximum atomic E-state index is 12.4. The lowest BCUT2D eigenvalue weighted by Gasteiger charge is -2.33. The molecule has 6 nitrogen and oxygen atoms in total. The molecule has 1 aromatic carbocycles. The second kappa shape index (κ2) is 5.26. The summed E-state index contributed by atoms with van der Waals surface area (Å²) in [4.78, 5) is 24.4. The van der Waals surface area contributed by atoms with Crippen LogP contribution in [0.5, 0.6) is 0 Å². The van der Waals surface area contributed by atoms with E-state index in [4.69, 9.17) is 5.73 Å². The molecule has 0 bridgehead atoms. The highest BCUT2D eigenvalue weighted by Gasteiger charge is 2.25. The number of hydrogen-bond donors (Lipinski definition) is 1. The molecule has 2 rings (SSSR count). The van der Waals surface area contributed by atoms with Gasteiger partial charge in [0.25, 0.3) is 11.6 Å². The minimum atomic E-state index is -0.564. The maximum absolute atomic E-state index is 12.4. The molecule has 2 N–H and O–H groups in total. The molecule has 0 aromatic heterocycles. The summed E-state index contributed by atoms with van der Waals surface area (Å²) >= 11 is 0. The van der Waals surface area contributed by atoms with E-state index in [0.717, 1.165) is 19.3 Å². The fraction of sp³-hybridized carbons (Fsp3) is 0.462. The third kappa shape index (κ3) is 2.67. The first-order valence-corrected chi connectivity index (χ1v) is 6.35. The van der Waals surface area contributed by atoms with Gasteiger partial charge in [-0.3, -0.25) is 14.9 Å². The summed E-state index contributed by atoms with van der Waals surface area (Å²) in [6.07, 6.45) is 3.07. The van der Waals surface area contributed by atoms with Crippen molar-refractivity contribution in [3.63, 3.8) is 0 Å². The van der Waals surface area contributed by atoms with Gasteiger partial charge < -0.3 is 10.6 Å². The monoisotopic (exact) mass is 263 g/mol. The van der Waals surface area contributed by atoms with Gasteiger partial charge in [-0.25, -0.2) is 0 Å². The number of nitrogens with zero attached hydrogens (tertiary/aromatic N) is 2. The lowest BCUT2D eigenvalue weighted by molar-refractivity contribution is -0.383. The lowest BCUT2D eigenvalue weighted by Crippen LogP contribution is -2.42. The smallest absolute Gasteiger partial charge is 0.292 e. The molecule has 1 aliphatic rings. The van der Waals surface area contributed by atoms with Gasteiger partial charge in [-0.1, -0.05) is 0 Å². The van der Waals surface area contributed by atoms with Gasteiger partial charge in [0.2, 0.25) is 0 Å². The van der Waals surface area contributed by atoms with Gasteiger partial charge in [-0.2, -0.15) is 0 Å². The zero-order valence-electron chi connectivity index (χ0n) is 10.8. The predicted molar refractivity (Wildman–Crippen MR) is 71.9 cm³/mol. The van der Waals surface area contributed by atoms with Crippen molar-refractivity contribution >= 4 is 17.3 Å². The molecule has 0 aliphatic carbocycles. The molecule has 0 radical (unpaired) electrons. The van der Waals surface area contributed by atoms with Crippen LogP contribution in [-0.4, -0.2) is 28.3 Å². The molecule has 1 aliphatic heterocycles. The summed E-state index contributed by atoms with van der Waals surface area (Å²) in [5.41, 5.74) is 5.72. The van der Waals surface area contributed by atoms with Gasteiger partial charge in [0.05, 0.1) is 4.92 Å². The van der Waals surface area contributed by atoms with Gasteiger partial charge in [-0.15, -0.1) is 0 Å². The zero-order chi connectivity index (χ0) is 14.0.